The number of carbonyl (C=O) groups is 4. The van der Waals surface area contributed by atoms with Crippen LogP contribution in [0, 0.1) is 27.1 Å². The summed E-state index contributed by atoms with van der Waals surface area (Å²) in [6.07, 6.45) is 1.82. The third-order valence-corrected chi connectivity index (χ3v) is 11.4. The van der Waals surface area contributed by atoms with Crippen molar-refractivity contribution in [2.75, 3.05) is 9.80 Å². The number of halogens is 4. The van der Waals surface area contributed by atoms with E-state index in [9.17, 15) is 28.7 Å². The second kappa shape index (κ2) is 9.87. The summed E-state index contributed by atoms with van der Waals surface area (Å²) >= 11 is 16.7. The van der Waals surface area contributed by atoms with Crippen LogP contribution in [0.5, 0.6) is 5.75 Å². The fourth-order valence-electron chi connectivity index (χ4n) is 7.32. The number of para-hydroxylation sites is 1. The Labute approximate surface area is 269 Å². The summed E-state index contributed by atoms with van der Waals surface area (Å²) in [6.45, 7) is 0. The van der Waals surface area contributed by atoms with Gasteiger partial charge in [-0.25, -0.2) is 9.29 Å². The predicted octanol–water partition coefficient (Wildman–Crippen LogP) is 5.90. The molecule has 1 N–H and O–H groups in total. The number of allylic oxidation sites excluding steroid dienone is 2. The van der Waals surface area contributed by atoms with E-state index < -0.39 is 57.0 Å². The quantitative estimate of drug-likeness (QED) is 0.157. The largest absolute Gasteiger partial charge is 0.508 e. The fourth-order valence-corrected chi connectivity index (χ4v) is 8.61. The summed E-state index contributed by atoms with van der Waals surface area (Å²) in [6, 6.07) is 18.2. The summed E-state index contributed by atoms with van der Waals surface area (Å²) in [5, 5.41) is 11.0. The Morgan fingerprint density at radius 1 is 0.814 bits per heavy atom. The maximum absolute atomic E-state index is 14.3. The summed E-state index contributed by atoms with van der Waals surface area (Å²) < 4.78 is 14.7. The molecule has 6 atom stereocenters. The Morgan fingerprint density at radius 2 is 1.44 bits per heavy atom. The highest BCUT2D eigenvalue weighted by Gasteiger charge is 2.76. The van der Waals surface area contributed by atoms with Crippen LogP contribution in [-0.4, -0.2) is 38.5 Å². The molecule has 218 valence electrons. The van der Waals surface area contributed by atoms with E-state index in [1.807, 2.05) is 6.08 Å². The molecule has 6 unspecified atom stereocenters. The number of fused-ring (bicyclic) bond motifs is 4. The van der Waals surface area contributed by atoms with Crippen molar-refractivity contribution in [3.63, 3.8) is 0 Å². The molecular formula is C32H22Cl2FIN2O5. The van der Waals surface area contributed by atoms with Crippen molar-refractivity contribution >= 4 is 80.8 Å². The number of alkyl halides is 2. The third kappa shape index (κ3) is 3.83. The molecule has 2 heterocycles. The van der Waals surface area contributed by atoms with Gasteiger partial charge in [-0.05, 0) is 95.9 Å². The first kappa shape index (κ1) is 28.5. The SMILES string of the molecule is O=C1C2CC=C3C(CC4(Cl)C(=O)N(c5ccc(F)cc5)C(=O)C4(Cl)C3c3ccccc3O)C2C(=O)N1c1ccc(I)cc1. The van der Waals surface area contributed by atoms with Gasteiger partial charge in [0.1, 0.15) is 11.6 Å². The molecule has 3 fully saturated rings. The van der Waals surface area contributed by atoms with Crippen LogP contribution in [0.4, 0.5) is 15.8 Å². The van der Waals surface area contributed by atoms with Gasteiger partial charge in [0.2, 0.25) is 11.8 Å². The van der Waals surface area contributed by atoms with Gasteiger partial charge in [-0.1, -0.05) is 29.8 Å². The summed E-state index contributed by atoms with van der Waals surface area (Å²) in [4.78, 5) is 54.2. The maximum atomic E-state index is 14.3. The molecule has 1 saturated carbocycles. The van der Waals surface area contributed by atoms with Crippen LogP contribution >= 0.6 is 45.8 Å². The number of phenolic OH excluding ortho intramolecular Hbond substituents is 1. The lowest BCUT2D eigenvalue weighted by Gasteiger charge is -2.50. The lowest BCUT2D eigenvalue weighted by molar-refractivity contribution is -0.125. The van der Waals surface area contributed by atoms with Crippen molar-refractivity contribution in [1.82, 2.24) is 0 Å². The highest BCUT2D eigenvalue weighted by atomic mass is 127. The molecular weight excluding hydrogens is 709 g/mol. The summed E-state index contributed by atoms with van der Waals surface area (Å²) in [5.41, 5.74) is 1.38. The third-order valence-electron chi connectivity index (χ3n) is 9.23. The topological polar surface area (TPSA) is 95.0 Å². The van der Waals surface area contributed by atoms with Gasteiger partial charge in [0.15, 0.2) is 9.75 Å². The second-order valence-electron chi connectivity index (χ2n) is 11.3. The second-order valence-corrected chi connectivity index (χ2v) is 13.8. The number of amides is 4. The normalized spacial score (nSPS) is 31.6. The molecule has 0 spiro atoms. The van der Waals surface area contributed by atoms with Crippen molar-refractivity contribution < 1.29 is 28.7 Å². The van der Waals surface area contributed by atoms with Crippen molar-refractivity contribution in [3.8, 4) is 5.75 Å². The Balaban J connectivity index is 1.40. The van der Waals surface area contributed by atoms with Crippen LogP contribution in [0.3, 0.4) is 0 Å². The first-order valence-corrected chi connectivity index (χ1v) is 15.5. The van der Waals surface area contributed by atoms with E-state index in [1.54, 1.807) is 42.5 Å². The average molecular weight is 731 g/mol. The van der Waals surface area contributed by atoms with Gasteiger partial charge in [-0.15, -0.1) is 23.2 Å². The number of rotatable bonds is 3. The minimum atomic E-state index is -2.10. The number of imide groups is 2. The molecule has 3 aromatic rings. The van der Waals surface area contributed by atoms with E-state index >= 15 is 0 Å². The number of anilines is 2. The number of hydrogen-bond donors (Lipinski definition) is 1. The van der Waals surface area contributed by atoms with Gasteiger partial charge in [0.05, 0.1) is 23.2 Å². The molecule has 0 radical (unpaired) electrons. The number of phenols is 1. The predicted molar refractivity (Wildman–Crippen MR) is 166 cm³/mol. The molecule has 7 nitrogen and oxygen atoms in total. The van der Waals surface area contributed by atoms with E-state index in [4.69, 9.17) is 23.2 Å². The number of hydrogen-bond acceptors (Lipinski definition) is 5. The first-order chi connectivity index (χ1) is 20.5. The first-order valence-electron chi connectivity index (χ1n) is 13.6. The fraction of sp³-hybridized carbons (Fsp3) is 0.250. The van der Waals surface area contributed by atoms with Crippen molar-refractivity contribution in [2.24, 2.45) is 17.8 Å². The van der Waals surface area contributed by atoms with Gasteiger partial charge >= 0.3 is 0 Å². The number of benzene rings is 3. The molecule has 2 aliphatic carbocycles. The van der Waals surface area contributed by atoms with Crippen LogP contribution in [-0.2, 0) is 19.2 Å². The van der Waals surface area contributed by atoms with Gasteiger partial charge in [0.25, 0.3) is 11.8 Å². The van der Waals surface area contributed by atoms with E-state index in [1.165, 1.54) is 23.1 Å². The van der Waals surface area contributed by atoms with E-state index in [0.717, 1.165) is 20.6 Å². The summed E-state index contributed by atoms with van der Waals surface area (Å²) in [5.74, 6) is -6.51. The Morgan fingerprint density at radius 3 is 2.12 bits per heavy atom. The van der Waals surface area contributed by atoms with Crippen LogP contribution in [0.1, 0.15) is 24.3 Å². The summed E-state index contributed by atoms with van der Waals surface area (Å²) in [7, 11) is 0. The standard InChI is InChI=1S/C32H22Cl2FIN2O5/c33-31-15-23-20(13-14-22-25(23)28(41)37(27(22)40)18-11-7-17(36)8-12-18)26(21-3-1-2-4-24(21)39)32(31,34)30(43)38(29(31)42)19-9-5-16(35)6-10-19/h1-13,22-23,25-26,39H,14-15H2. The maximum Gasteiger partial charge on any atom is 0.258 e. The van der Waals surface area contributed by atoms with E-state index in [-0.39, 0.29) is 35.7 Å². The average Bonchev–Trinajstić information content (AvgIpc) is 3.33. The van der Waals surface area contributed by atoms with Crippen LogP contribution in [0.2, 0.25) is 0 Å². The molecule has 0 bridgehead atoms. The molecule has 7 rings (SSSR count). The van der Waals surface area contributed by atoms with Crippen LogP contribution < -0.4 is 9.80 Å². The van der Waals surface area contributed by atoms with Crippen molar-refractivity contribution in [3.05, 3.63) is 99.4 Å². The molecule has 4 aliphatic rings. The Hall–Kier alpha value is -3.28. The molecule has 2 aliphatic heterocycles. The van der Waals surface area contributed by atoms with Crippen LogP contribution in [0.25, 0.3) is 0 Å². The smallest absolute Gasteiger partial charge is 0.258 e. The number of aromatic hydroxyl groups is 1. The molecule has 4 amide bonds. The van der Waals surface area contributed by atoms with E-state index in [2.05, 4.69) is 22.6 Å². The molecule has 43 heavy (non-hydrogen) atoms. The van der Waals surface area contributed by atoms with Crippen molar-refractivity contribution in [1.29, 1.82) is 0 Å². The van der Waals surface area contributed by atoms with Gasteiger partial charge in [0, 0.05) is 15.1 Å². The minimum Gasteiger partial charge on any atom is -0.508 e. The zero-order chi connectivity index (χ0) is 30.4. The van der Waals surface area contributed by atoms with Crippen molar-refractivity contribution in [2.45, 2.75) is 28.5 Å². The van der Waals surface area contributed by atoms with E-state index in [0.29, 0.717) is 11.3 Å². The zero-order valence-electron chi connectivity index (χ0n) is 22.2. The van der Waals surface area contributed by atoms with Gasteiger partial charge in [-0.3, -0.25) is 24.1 Å². The van der Waals surface area contributed by atoms with Gasteiger partial charge < -0.3 is 5.11 Å². The molecule has 0 aromatic heterocycles. The Kier molecular flexibility index (Phi) is 6.54. The highest BCUT2D eigenvalue weighted by Crippen LogP contribution is 2.66. The molecule has 3 aromatic carbocycles. The van der Waals surface area contributed by atoms with Gasteiger partial charge in [-0.2, -0.15) is 0 Å². The molecule has 11 heteroatoms. The number of carbonyl (C=O) groups excluding carboxylic acids is 4. The number of nitrogens with zero attached hydrogens (tertiary/aromatic N) is 2. The molecule has 2 saturated heterocycles. The zero-order valence-corrected chi connectivity index (χ0v) is 25.9. The monoisotopic (exact) mass is 730 g/mol. The minimum absolute atomic E-state index is 0.0914. The Bertz CT molecular complexity index is 1770. The highest BCUT2D eigenvalue weighted by molar-refractivity contribution is 14.1. The lowest BCUT2D eigenvalue weighted by Crippen LogP contribution is -2.60. The van der Waals surface area contributed by atoms with Crippen LogP contribution in [0.15, 0.2) is 84.4 Å². The lowest BCUT2D eigenvalue weighted by atomic mass is 9.56.